The fourth-order valence-electron chi connectivity index (χ4n) is 2.83. The van der Waals surface area contributed by atoms with Gasteiger partial charge in [0.15, 0.2) is 6.10 Å². The molecule has 0 radical (unpaired) electrons. The highest BCUT2D eigenvalue weighted by Crippen LogP contribution is 2.24. The monoisotopic (exact) mass is 452 g/mol. The Labute approximate surface area is 192 Å². The van der Waals surface area contributed by atoms with Gasteiger partial charge < -0.3 is 20.1 Å². The normalized spacial score (nSPS) is 11.5. The number of halogens is 1. The number of carbonyl (C=O) groups excluding carboxylic acids is 2. The van der Waals surface area contributed by atoms with Gasteiger partial charge in [0.2, 0.25) is 0 Å². The summed E-state index contributed by atoms with van der Waals surface area (Å²) in [5.41, 5.74) is 1.71. The fraction of sp³-hybridized carbons (Fsp3) is 0.200. The van der Waals surface area contributed by atoms with Crippen molar-refractivity contribution < 1.29 is 19.1 Å². The minimum atomic E-state index is -0.739. The van der Waals surface area contributed by atoms with E-state index in [9.17, 15) is 9.59 Å². The van der Waals surface area contributed by atoms with Gasteiger partial charge in [-0.25, -0.2) is 0 Å². The smallest absolute Gasteiger partial charge is 0.265 e. The van der Waals surface area contributed by atoms with Gasteiger partial charge in [-0.15, -0.1) is 0 Å². The number of rotatable bonds is 8. The second kappa shape index (κ2) is 10.7. The highest BCUT2D eigenvalue weighted by atomic mass is 35.5. The van der Waals surface area contributed by atoms with Crippen molar-refractivity contribution in [3.05, 3.63) is 83.4 Å². The van der Waals surface area contributed by atoms with Crippen molar-refractivity contribution in [2.24, 2.45) is 0 Å². The number of anilines is 2. The van der Waals surface area contributed by atoms with Crippen LogP contribution in [0.2, 0.25) is 5.02 Å². The van der Waals surface area contributed by atoms with Crippen molar-refractivity contribution in [2.75, 3.05) is 10.6 Å². The van der Waals surface area contributed by atoms with Crippen molar-refractivity contribution in [3.63, 3.8) is 0 Å². The third kappa shape index (κ3) is 6.49. The number of amides is 2. The quantitative estimate of drug-likeness (QED) is 0.453. The van der Waals surface area contributed by atoms with Crippen LogP contribution in [-0.4, -0.2) is 24.0 Å². The lowest BCUT2D eigenvalue weighted by atomic mass is 10.2. The van der Waals surface area contributed by atoms with Crippen molar-refractivity contribution in [1.82, 2.24) is 0 Å². The van der Waals surface area contributed by atoms with E-state index in [1.807, 2.05) is 13.8 Å². The number of hydrogen-bond donors (Lipinski definition) is 2. The molecule has 0 aliphatic carbocycles. The Morgan fingerprint density at radius 1 is 0.781 bits per heavy atom. The predicted molar refractivity (Wildman–Crippen MR) is 127 cm³/mol. The molecule has 7 heteroatoms. The Hall–Kier alpha value is -3.51. The number of nitrogens with one attached hydrogen (secondary N) is 2. The maximum Gasteiger partial charge on any atom is 0.265 e. The van der Waals surface area contributed by atoms with Crippen LogP contribution in [0.4, 0.5) is 11.4 Å². The summed E-state index contributed by atoms with van der Waals surface area (Å²) in [6, 6.07) is 20.8. The zero-order valence-electron chi connectivity index (χ0n) is 18.1. The number of carbonyl (C=O) groups is 2. The molecule has 0 aliphatic heterocycles. The second-order valence-electron chi connectivity index (χ2n) is 7.40. The summed E-state index contributed by atoms with van der Waals surface area (Å²) in [5.74, 6) is 0.605. The lowest BCUT2D eigenvalue weighted by Crippen LogP contribution is -2.30. The van der Waals surface area contributed by atoms with Crippen LogP contribution in [0.3, 0.4) is 0 Å². The number of para-hydroxylation sites is 1. The van der Waals surface area contributed by atoms with Crippen LogP contribution in [0.15, 0.2) is 72.8 Å². The molecule has 3 rings (SSSR count). The van der Waals surface area contributed by atoms with Crippen molar-refractivity contribution >= 4 is 34.8 Å². The van der Waals surface area contributed by atoms with Crippen LogP contribution in [0.25, 0.3) is 0 Å². The summed E-state index contributed by atoms with van der Waals surface area (Å²) in [4.78, 5) is 24.9. The molecular formula is C25H25ClN2O4. The minimum Gasteiger partial charge on any atom is -0.491 e. The Kier molecular flexibility index (Phi) is 7.73. The molecule has 0 aromatic heterocycles. The van der Waals surface area contributed by atoms with E-state index in [1.165, 1.54) is 0 Å². The van der Waals surface area contributed by atoms with Gasteiger partial charge >= 0.3 is 0 Å². The molecule has 0 saturated heterocycles. The first-order valence-corrected chi connectivity index (χ1v) is 10.6. The molecule has 0 heterocycles. The van der Waals surface area contributed by atoms with E-state index in [0.29, 0.717) is 33.5 Å². The van der Waals surface area contributed by atoms with E-state index in [2.05, 4.69) is 10.6 Å². The number of ether oxygens (including phenoxy) is 2. The van der Waals surface area contributed by atoms with E-state index in [0.717, 1.165) is 0 Å². The SMILES string of the molecule is CC(C)Oc1ccc(C(=O)Nc2ccc(NC(=O)C(C)Oc3ccccc3Cl)cc2)cc1. The molecule has 1 atom stereocenters. The van der Waals surface area contributed by atoms with Gasteiger partial charge in [-0.1, -0.05) is 23.7 Å². The van der Waals surface area contributed by atoms with Crippen LogP contribution >= 0.6 is 11.6 Å². The molecule has 0 saturated carbocycles. The summed E-state index contributed by atoms with van der Waals surface area (Å²) in [7, 11) is 0. The number of benzene rings is 3. The highest BCUT2D eigenvalue weighted by Gasteiger charge is 2.16. The van der Waals surface area contributed by atoms with Crippen molar-refractivity contribution in [1.29, 1.82) is 0 Å². The highest BCUT2D eigenvalue weighted by molar-refractivity contribution is 6.32. The molecule has 3 aromatic carbocycles. The summed E-state index contributed by atoms with van der Waals surface area (Å²) in [6.07, 6.45) is -0.670. The summed E-state index contributed by atoms with van der Waals surface area (Å²) in [5, 5.41) is 6.05. The van der Waals surface area contributed by atoms with E-state index >= 15 is 0 Å². The molecule has 32 heavy (non-hydrogen) atoms. The van der Waals surface area contributed by atoms with Crippen LogP contribution in [0.1, 0.15) is 31.1 Å². The topological polar surface area (TPSA) is 76.7 Å². The van der Waals surface area contributed by atoms with E-state index in [4.69, 9.17) is 21.1 Å². The van der Waals surface area contributed by atoms with E-state index in [1.54, 1.807) is 79.7 Å². The van der Waals surface area contributed by atoms with Crippen LogP contribution in [-0.2, 0) is 4.79 Å². The summed E-state index contributed by atoms with van der Waals surface area (Å²) in [6.45, 7) is 5.53. The van der Waals surface area contributed by atoms with Crippen LogP contribution in [0.5, 0.6) is 11.5 Å². The number of hydrogen-bond acceptors (Lipinski definition) is 4. The first-order chi connectivity index (χ1) is 15.3. The van der Waals surface area contributed by atoms with Crippen LogP contribution < -0.4 is 20.1 Å². The average Bonchev–Trinajstić information content (AvgIpc) is 2.76. The Balaban J connectivity index is 1.54. The zero-order valence-corrected chi connectivity index (χ0v) is 18.8. The van der Waals surface area contributed by atoms with Gasteiger partial charge in [0.05, 0.1) is 11.1 Å². The van der Waals surface area contributed by atoms with Gasteiger partial charge in [0.1, 0.15) is 11.5 Å². The summed E-state index contributed by atoms with van der Waals surface area (Å²) >= 11 is 6.07. The molecule has 2 N–H and O–H groups in total. The van der Waals surface area contributed by atoms with Crippen molar-refractivity contribution in [2.45, 2.75) is 33.0 Å². The molecule has 1 unspecified atom stereocenters. The van der Waals surface area contributed by atoms with Gasteiger partial charge in [-0.3, -0.25) is 9.59 Å². The van der Waals surface area contributed by atoms with Gasteiger partial charge in [0.25, 0.3) is 11.8 Å². The summed E-state index contributed by atoms with van der Waals surface area (Å²) < 4.78 is 11.2. The Bertz CT molecular complexity index is 1070. The minimum absolute atomic E-state index is 0.0689. The first kappa shape index (κ1) is 23.2. The van der Waals surface area contributed by atoms with Gasteiger partial charge in [-0.05, 0) is 81.4 Å². The standard InChI is InChI=1S/C25H25ClN2O4/c1-16(2)31-21-14-8-18(9-15-21)25(30)28-20-12-10-19(11-13-20)27-24(29)17(3)32-23-7-5-4-6-22(23)26/h4-17H,1-3H3,(H,27,29)(H,28,30). The molecule has 0 fully saturated rings. The third-order valence-electron chi connectivity index (χ3n) is 4.41. The van der Waals surface area contributed by atoms with Gasteiger partial charge in [0, 0.05) is 16.9 Å². The maximum absolute atomic E-state index is 12.5. The Morgan fingerprint density at radius 2 is 1.38 bits per heavy atom. The molecule has 2 amide bonds. The van der Waals surface area contributed by atoms with Crippen LogP contribution in [0, 0.1) is 0 Å². The molecule has 3 aromatic rings. The van der Waals surface area contributed by atoms with Gasteiger partial charge in [-0.2, -0.15) is 0 Å². The zero-order chi connectivity index (χ0) is 23.1. The predicted octanol–water partition coefficient (Wildman–Crippen LogP) is 5.79. The molecule has 0 spiro atoms. The van der Waals surface area contributed by atoms with E-state index in [-0.39, 0.29) is 17.9 Å². The molecule has 6 nitrogen and oxygen atoms in total. The van der Waals surface area contributed by atoms with E-state index < -0.39 is 6.10 Å². The fourth-order valence-corrected chi connectivity index (χ4v) is 3.01. The maximum atomic E-state index is 12.5. The average molecular weight is 453 g/mol. The molecule has 0 bridgehead atoms. The second-order valence-corrected chi connectivity index (χ2v) is 7.81. The molecular weight excluding hydrogens is 428 g/mol. The molecule has 166 valence electrons. The van der Waals surface area contributed by atoms with Crippen molar-refractivity contribution in [3.8, 4) is 11.5 Å². The third-order valence-corrected chi connectivity index (χ3v) is 4.72. The lowest BCUT2D eigenvalue weighted by Gasteiger charge is -2.16. The lowest BCUT2D eigenvalue weighted by molar-refractivity contribution is -0.122. The Morgan fingerprint density at radius 3 is 1.97 bits per heavy atom. The molecule has 0 aliphatic rings. The first-order valence-electron chi connectivity index (χ1n) is 10.2. The largest absolute Gasteiger partial charge is 0.491 e.